The van der Waals surface area contributed by atoms with E-state index >= 15 is 0 Å². The summed E-state index contributed by atoms with van der Waals surface area (Å²) in [5.41, 5.74) is 8.03. The summed E-state index contributed by atoms with van der Waals surface area (Å²) in [7, 11) is 0. The van der Waals surface area contributed by atoms with Gasteiger partial charge in [0.15, 0.2) is 0 Å². The van der Waals surface area contributed by atoms with Gasteiger partial charge in [0.25, 0.3) is 0 Å². The van der Waals surface area contributed by atoms with Gasteiger partial charge in [0.2, 0.25) is 5.91 Å². The first-order valence-corrected chi connectivity index (χ1v) is 6.55. The van der Waals surface area contributed by atoms with Crippen LogP contribution in [0.5, 0.6) is 0 Å². The summed E-state index contributed by atoms with van der Waals surface area (Å²) < 4.78 is 1.36. The third-order valence-corrected chi connectivity index (χ3v) is 2.79. The molecule has 0 aliphatic heterocycles. The number of nitrogens with two attached hydrogens (primary N) is 1. The van der Waals surface area contributed by atoms with E-state index in [1.165, 1.54) is 11.0 Å². The second-order valence-corrected chi connectivity index (χ2v) is 4.29. The van der Waals surface area contributed by atoms with Crippen LogP contribution >= 0.6 is 0 Å². The van der Waals surface area contributed by atoms with Crippen LogP contribution in [0.1, 0.15) is 18.1 Å². The van der Waals surface area contributed by atoms with Crippen LogP contribution in [0.3, 0.4) is 0 Å². The van der Waals surface area contributed by atoms with Crippen LogP contribution in [-0.2, 0) is 17.8 Å². The standard InChI is InChI=1S/C14H16N6O/c1-2-12-8-11(4-3-7-15)5-6-13(12)17-14(21)9-20-10-16-18-19-20/h5-6,8,10H,2,7,9,15H2,1H3,(H,17,21). The number of nitrogens with one attached hydrogen (secondary N) is 1. The zero-order chi connectivity index (χ0) is 15.1. The molecule has 1 heterocycles. The number of aryl methyl sites for hydroxylation is 1. The van der Waals surface area contributed by atoms with Crippen LogP contribution in [-0.4, -0.2) is 32.7 Å². The van der Waals surface area contributed by atoms with Crippen molar-refractivity contribution in [2.24, 2.45) is 5.73 Å². The molecule has 0 unspecified atom stereocenters. The quantitative estimate of drug-likeness (QED) is 0.781. The molecule has 108 valence electrons. The number of anilines is 1. The van der Waals surface area contributed by atoms with Gasteiger partial charge in [-0.1, -0.05) is 18.8 Å². The zero-order valence-corrected chi connectivity index (χ0v) is 11.7. The van der Waals surface area contributed by atoms with Crippen molar-refractivity contribution in [2.75, 3.05) is 11.9 Å². The largest absolute Gasteiger partial charge is 0.324 e. The predicted molar refractivity (Wildman–Crippen MR) is 78.2 cm³/mol. The van der Waals surface area contributed by atoms with Crippen LogP contribution in [0.25, 0.3) is 0 Å². The molecule has 0 aliphatic rings. The molecule has 7 nitrogen and oxygen atoms in total. The van der Waals surface area contributed by atoms with E-state index in [0.29, 0.717) is 6.54 Å². The molecule has 1 aromatic heterocycles. The third kappa shape index (κ3) is 4.12. The SMILES string of the molecule is CCc1cc(C#CCN)ccc1NC(=O)Cn1cnnn1. The summed E-state index contributed by atoms with van der Waals surface area (Å²) in [5.74, 6) is 5.61. The van der Waals surface area contributed by atoms with Gasteiger partial charge in [-0.15, -0.1) is 5.10 Å². The van der Waals surface area contributed by atoms with Gasteiger partial charge in [-0.05, 0) is 40.6 Å². The maximum atomic E-state index is 11.9. The molecule has 0 saturated heterocycles. The van der Waals surface area contributed by atoms with E-state index < -0.39 is 0 Å². The van der Waals surface area contributed by atoms with Crippen molar-refractivity contribution < 1.29 is 4.79 Å². The summed E-state index contributed by atoms with van der Waals surface area (Å²) in [5, 5.41) is 13.5. The summed E-state index contributed by atoms with van der Waals surface area (Å²) in [6.07, 6.45) is 2.18. The number of amides is 1. The second-order valence-electron chi connectivity index (χ2n) is 4.29. The van der Waals surface area contributed by atoms with E-state index in [0.717, 1.165) is 23.2 Å². The smallest absolute Gasteiger partial charge is 0.246 e. The molecule has 0 fully saturated rings. The molecule has 0 atom stereocenters. The Kier molecular flexibility index (Phi) is 5.01. The zero-order valence-electron chi connectivity index (χ0n) is 11.7. The summed E-state index contributed by atoms with van der Waals surface area (Å²) >= 11 is 0. The Hall–Kier alpha value is -2.72. The average molecular weight is 284 g/mol. The molecule has 1 amide bonds. The molecule has 0 spiro atoms. The minimum Gasteiger partial charge on any atom is -0.324 e. The number of carbonyl (C=O) groups is 1. The molecule has 0 aliphatic carbocycles. The molecule has 21 heavy (non-hydrogen) atoms. The van der Waals surface area contributed by atoms with E-state index in [2.05, 4.69) is 32.7 Å². The van der Waals surface area contributed by atoms with Crippen molar-refractivity contribution in [2.45, 2.75) is 19.9 Å². The topological polar surface area (TPSA) is 98.7 Å². The number of hydrogen-bond acceptors (Lipinski definition) is 5. The average Bonchev–Trinajstić information content (AvgIpc) is 2.98. The lowest BCUT2D eigenvalue weighted by atomic mass is 10.1. The fraction of sp³-hybridized carbons (Fsp3) is 0.286. The number of nitrogens with zero attached hydrogens (tertiary/aromatic N) is 4. The fourth-order valence-corrected chi connectivity index (χ4v) is 1.83. The number of benzene rings is 1. The van der Waals surface area contributed by atoms with Crippen molar-refractivity contribution in [3.05, 3.63) is 35.7 Å². The summed E-state index contributed by atoms with van der Waals surface area (Å²) in [4.78, 5) is 11.9. The Balaban J connectivity index is 2.10. The Morgan fingerprint density at radius 1 is 1.48 bits per heavy atom. The molecule has 1 aromatic carbocycles. The molecule has 0 radical (unpaired) electrons. The Morgan fingerprint density at radius 2 is 2.33 bits per heavy atom. The Bertz CT molecular complexity index is 669. The predicted octanol–water partition coefficient (Wildman–Crippen LogP) is 0.184. The lowest BCUT2D eigenvalue weighted by Gasteiger charge is -2.10. The number of carbonyl (C=O) groups excluding carboxylic acids is 1. The van der Waals surface area contributed by atoms with Crippen molar-refractivity contribution in [3.8, 4) is 11.8 Å². The van der Waals surface area contributed by atoms with Gasteiger partial charge >= 0.3 is 0 Å². The van der Waals surface area contributed by atoms with Crippen LogP contribution in [0.15, 0.2) is 24.5 Å². The van der Waals surface area contributed by atoms with Crippen molar-refractivity contribution >= 4 is 11.6 Å². The number of tetrazole rings is 1. The lowest BCUT2D eigenvalue weighted by Crippen LogP contribution is -2.20. The molecule has 2 rings (SSSR count). The number of rotatable bonds is 4. The summed E-state index contributed by atoms with van der Waals surface area (Å²) in [6, 6.07) is 5.65. The van der Waals surface area contributed by atoms with E-state index in [4.69, 9.17) is 5.73 Å². The van der Waals surface area contributed by atoms with Crippen molar-refractivity contribution in [1.82, 2.24) is 20.2 Å². The fourth-order valence-electron chi connectivity index (χ4n) is 1.83. The van der Waals surface area contributed by atoms with Crippen molar-refractivity contribution in [1.29, 1.82) is 0 Å². The van der Waals surface area contributed by atoms with Gasteiger partial charge in [0.05, 0.1) is 6.54 Å². The molecular weight excluding hydrogens is 268 g/mol. The lowest BCUT2D eigenvalue weighted by molar-refractivity contribution is -0.116. The first kappa shape index (κ1) is 14.7. The van der Waals surface area contributed by atoms with Gasteiger partial charge in [0.1, 0.15) is 12.9 Å². The third-order valence-electron chi connectivity index (χ3n) is 2.79. The van der Waals surface area contributed by atoms with E-state index in [1.807, 2.05) is 25.1 Å². The number of aromatic nitrogens is 4. The van der Waals surface area contributed by atoms with E-state index in [1.54, 1.807) is 0 Å². The van der Waals surface area contributed by atoms with Gasteiger partial charge in [-0.3, -0.25) is 4.79 Å². The van der Waals surface area contributed by atoms with Crippen LogP contribution in [0.2, 0.25) is 0 Å². The molecule has 0 saturated carbocycles. The van der Waals surface area contributed by atoms with Gasteiger partial charge in [0, 0.05) is 11.3 Å². The highest BCUT2D eigenvalue weighted by Gasteiger charge is 2.08. The van der Waals surface area contributed by atoms with E-state index in [-0.39, 0.29) is 12.5 Å². The van der Waals surface area contributed by atoms with Crippen LogP contribution in [0.4, 0.5) is 5.69 Å². The minimum absolute atomic E-state index is 0.0743. The minimum atomic E-state index is -0.183. The van der Waals surface area contributed by atoms with E-state index in [9.17, 15) is 4.79 Å². The molecule has 3 N–H and O–H groups in total. The monoisotopic (exact) mass is 284 g/mol. The summed E-state index contributed by atoms with van der Waals surface area (Å²) in [6.45, 7) is 2.42. The van der Waals surface area contributed by atoms with Gasteiger partial charge in [-0.25, -0.2) is 4.68 Å². The highest BCUT2D eigenvalue weighted by molar-refractivity contribution is 5.91. The maximum Gasteiger partial charge on any atom is 0.246 e. The molecular formula is C14H16N6O. The van der Waals surface area contributed by atoms with Crippen LogP contribution < -0.4 is 11.1 Å². The number of hydrogen-bond donors (Lipinski definition) is 2. The van der Waals surface area contributed by atoms with Gasteiger partial charge < -0.3 is 11.1 Å². The first-order chi connectivity index (χ1) is 10.2. The molecule has 2 aromatic rings. The first-order valence-electron chi connectivity index (χ1n) is 6.55. The highest BCUT2D eigenvalue weighted by atomic mass is 16.2. The Labute approximate surface area is 122 Å². The Morgan fingerprint density at radius 3 is 3.00 bits per heavy atom. The molecule has 0 bridgehead atoms. The molecule has 7 heteroatoms. The van der Waals surface area contributed by atoms with Gasteiger partial charge in [-0.2, -0.15) is 0 Å². The van der Waals surface area contributed by atoms with Crippen LogP contribution in [0, 0.1) is 11.8 Å². The highest BCUT2D eigenvalue weighted by Crippen LogP contribution is 2.18. The normalized spacial score (nSPS) is 9.81. The van der Waals surface area contributed by atoms with Crippen molar-refractivity contribution in [3.63, 3.8) is 0 Å². The maximum absolute atomic E-state index is 11.9. The second kappa shape index (κ2) is 7.17.